The Morgan fingerprint density at radius 2 is 2.11 bits per heavy atom. The molecule has 1 rings (SSSR count). The summed E-state index contributed by atoms with van der Waals surface area (Å²) in [6.45, 7) is 6.14. The fourth-order valence-corrected chi connectivity index (χ4v) is 2.54. The van der Waals surface area contributed by atoms with Crippen LogP contribution in [0.3, 0.4) is 0 Å². The number of nitrogens with one attached hydrogen (secondary N) is 1. The average Bonchev–Trinajstić information content (AvgIpc) is 2.33. The minimum absolute atomic E-state index is 0.0670. The highest BCUT2D eigenvalue weighted by molar-refractivity contribution is 9.10. The minimum atomic E-state index is -0.776. The highest BCUT2D eigenvalue weighted by Crippen LogP contribution is 2.22. The van der Waals surface area contributed by atoms with Crippen LogP contribution in [0, 0.1) is 5.92 Å². The van der Waals surface area contributed by atoms with E-state index in [1.54, 1.807) is 0 Å². The van der Waals surface area contributed by atoms with Crippen LogP contribution in [0.1, 0.15) is 45.2 Å². The van der Waals surface area contributed by atoms with Crippen LogP contribution in [0.25, 0.3) is 0 Å². The van der Waals surface area contributed by atoms with E-state index in [1.807, 2.05) is 38.1 Å². The lowest BCUT2D eigenvalue weighted by molar-refractivity contribution is -0.140. The van der Waals surface area contributed by atoms with Crippen molar-refractivity contribution in [2.75, 3.05) is 0 Å². The second-order valence-electron chi connectivity index (χ2n) is 5.20. The first-order valence-corrected chi connectivity index (χ1v) is 7.47. The van der Waals surface area contributed by atoms with E-state index < -0.39 is 12.0 Å². The van der Waals surface area contributed by atoms with Gasteiger partial charge < -0.3 is 5.11 Å². The number of halogens is 1. The number of hydrogen-bond donors (Lipinski definition) is 2. The quantitative estimate of drug-likeness (QED) is 0.796. The summed E-state index contributed by atoms with van der Waals surface area (Å²) in [7, 11) is 0. The van der Waals surface area contributed by atoms with E-state index in [1.165, 1.54) is 0 Å². The molecule has 1 aromatic carbocycles. The van der Waals surface area contributed by atoms with Gasteiger partial charge in [0.15, 0.2) is 0 Å². The average molecular weight is 328 g/mol. The Labute approximate surface area is 123 Å². The van der Waals surface area contributed by atoms with Crippen molar-refractivity contribution in [1.29, 1.82) is 0 Å². The lowest BCUT2D eigenvalue weighted by Gasteiger charge is -2.24. The number of rotatable bonds is 7. The number of carbonyl (C=O) groups is 1. The van der Waals surface area contributed by atoms with Crippen LogP contribution in [-0.4, -0.2) is 17.1 Å². The second-order valence-corrected chi connectivity index (χ2v) is 6.12. The molecule has 0 aliphatic rings. The van der Waals surface area contributed by atoms with Crippen LogP contribution in [-0.2, 0) is 4.79 Å². The lowest BCUT2D eigenvalue weighted by atomic mass is 9.99. The van der Waals surface area contributed by atoms with E-state index in [9.17, 15) is 9.90 Å². The molecule has 0 amide bonds. The summed E-state index contributed by atoms with van der Waals surface area (Å²) in [4.78, 5) is 11.3. The third-order valence-electron chi connectivity index (χ3n) is 3.07. The van der Waals surface area contributed by atoms with Gasteiger partial charge in [0.1, 0.15) is 6.04 Å². The van der Waals surface area contributed by atoms with E-state index in [2.05, 4.69) is 28.2 Å². The standard InChI is InChI=1S/C15H22BrNO2/c1-4-13(11-6-5-7-12(16)9-11)17-14(15(18)19)8-10(2)3/h5-7,9-10,13-14,17H,4,8H2,1-3H3,(H,18,19). The second kappa shape index (κ2) is 7.65. The summed E-state index contributed by atoms with van der Waals surface area (Å²) in [5.41, 5.74) is 1.12. The molecule has 1 aromatic rings. The highest BCUT2D eigenvalue weighted by Gasteiger charge is 2.22. The Hall–Kier alpha value is -0.870. The number of carboxylic acid groups (broad SMARTS) is 1. The molecule has 3 nitrogen and oxygen atoms in total. The van der Waals surface area contributed by atoms with Crippen molar-refractivity contribution in [3.8, 4) is 0 Å². The van der Waals surface area contributed by atoms with Crippen LogP contribution in [0.4, 0.5) is 0 Å². The van der Waals surface area contributed by atoms with Gasteiger partial charge in [0.05, 0.1) is 0 Å². The van der Waals surface area contributed by atoms with Gasteiger partial charge in [0, 0.05) is 10.5 Å². The first-order chi connectivity index (χ1) is 8.93. The minimum Gasteiger partial charge on any atom is -0.480 e. The third-order valence-corrected chi connectivity index (χ3v) is 3.56. The smallest absolute Gasteiger partial charge is 0.320 e. The molecule has 2 atom stereocenters. The van der Waals surface area contributed by atoms with Gasteiger partial charge in [-0.05, 0) is 36.5 Å². The zero-order valence-corrected chi connectivity index (χ0v) is 13.3. The monoisotopic (exact) mass is 327 g/mol. The number of hydrogen-bond acceptors (Lipinski definition) is 2. The van der Waals surface area contributed by atoms with Gasteiger partial charge in [-0.3, -0.25) is 10.1 Å². The summed E-state index contributed by atoms with van der Waals surface area (Å²) in [5, 5.41) is 12.6. The van der Waals surface area contributed by atoms with Crippen molar-refractivity contribution >= 4 is 21.9 Å². The predicted molar refractivity (Wildman–Crippen MR) is 81.2 cm³/mol. The molecule has 0 spiro atoms. The molecular formula is C15H22BrNO2. The number of aliphatic carboxylic acids is 1. The maximum absolute atomic E-state index is 11.3. The van der Waals surface area contributed by atoms with E-state index in [4.69, 9.17) is 0 Å². The molecule has 0 radical (unpaired) electrons. The Bertz CT molecular complexity index is 420. The maximum atomic E-state index is 11.3. The van der Waals surface area contributed by atoms with Crippen LogP contribution in [0.5, 0.6) is 0 Å². The van der Waals surface area contributed by atoms with Crippen LogP contribution < -0.4 is 5.32 Å². The Balaban J connectivity index is 2.82. The molecule has 0 fully saturated rings. The molecule has 0 aliphatic carbocycles. The maximum Gasteiger partial charge on any atom is 0.320 e. The summed E-state index contributed by atoms with van der Waals surface area (Å²) in [6.07, 6.45) is 1.50. The van der Waals surface area contributed by atoms with Gasteiger partial charge >= 0.3 is 5.97 Å². The molecule has 0 bridgehead atoms. The largest absolute Gasteiger partial charge is 0.480 e. The molecule has 2 N–H and O–H groups in total. The van der Waals surface area contributed by atoms with Crippen molar-refractivity contribution in [3.63, 3.8) is 0 Å². The fourth-order valence-electron chi connectivity index (χ4n) is 2.13. The molecule has 4 heteroatoms. The van der Waals surface area contributed by atoms with Crippen molar-refractivity contribution in [3.05, 3.63) is 34.3 Å². The van der Waals surface area contributed by atoms with Gasteiger partial charge in [0.25, 0.3) is 0 Å². The molecule has 2 unspecified atom stereocenters. The molecule has 0 aliphatic heterocycles. The zero-order chi connectivity index (χ0) is 14.4. The summed E-state index contributed by atoms with van der Waals surface area (Å²) >= 11 is 3.45. The van der Waals surface area contributed by atoms with Gasteiger partial charge in [-0.25, -0.2) is 0 Å². The van der Waals surface area contributed by atoms with Gasteiger partial charge in [-0.2, -0.15) is 0 Å². The first-order valence-electron chi connectivity index (χ1n) is 6.68. The SMILES string of the molecule is CCC(NC(CC(C)C)C(=O)O)c1cccc(Br)c1. The zero-order valence-electron chi connectivity index (χ0n) is 11.7. The van der Waals surface area contributed by atoms with E-state index in [0.717, 1.165) is 16.5 Å². The molecule has 106 valence electrons. The van der Waals surface area contributed by atoms with Crippen molar-refractivity contribution in [2.45, 2.75) is 45.7 Å². The van der Waals surface area contributed by atoms with Gasteiger partial charge in [-0.15, -0.1) is 0 Å². The molecule has 0 aromatic heterocycles. The Kier molecular flexibility index (Phi) is 6.52. The van der Waals surface area contributed by atoms with Gasteiger partial charge in [-0.1, -0.05) is 48.8 Å². The number of benzene rings is 1. The normalized spacial score (nSPS) is 14.4. The van der Waals surface area contributed by atoms with Crippen molar-refractivity contribution in [1.82, 2.24) is 5.32 Å². The van der Waals surface area contributed by atoms with E-state index >= 15 is 0 Å². The van der Waals surface area contributed by atoms with Crippen LogP contribution >= 0.6 is 15.9 Å². The Morgan fingerprint density at radius 1 is 1.42 bits per heavy atom. The third kappa shape index (κ3) is 5.33. The highest BCUT2D eigenvalue weighted by atomic mass is 79.9. The summed E-state index contributed by atoms with van der Waals surface area (Å²) in [6, 6.07) is 7.58. The first kappa shape index (κ1) is 16.2. The number of carboxylic acids is 1. The van der Waals surface area contributed by atoms with Crippen LogP contribution in [0.2, 0.25) is 0 Å². The summed E-state index contributed by atoms with van der Waals surface area (Å²) < 4.78 is 1.01. The predicted octanol–water partition coefficient (Wildman–Crippen LogP) is 3.99. The molecule has 0 saturated heterocycles. The van der Waals surface area contributed by atoms with Gasteiger partial charge in [0.2, 0.25) is 0 Å². The van der Waals surface area contributed by atoms with Crippen molar-refractivity contribution < 1.29 is 9.90 Å². The van der Waals surface area contributed by atoms with Crippen molar-refractivity contribution in [2.24, 2.45) is 5.92 Å². The van der Waals surface area contributed by atoms with E-state index in [0.29, 0.717) is 12.3 Å². The van der Waals surface area contributed by atoms with E-state index in [-0.39, 0.29) is 6.04 Å². The van der Waals surface area contributed by atoms with Crippen LogP contribution in [0.15, 0.2) is 28.7 Å². The fraction of sp³-hybridized carbons (Fsp3) is 0.533. The summed E-state index contributed by atoms with van der Waals surface area (Å²) in [5.74, 6) is -0.421. The topological polar surface area (TPSA) is 49.3 Å². The Morgan fingerprint density at radius 3 is 2.58 bits per heavy atom. The molecular weight excluding hydrogens is 306 g/mol. The molecule has 0 heterocycles. The lowest BCUT2D eigenvalue weighted by Crippen LogP contribution is -2.40. The molecule has 0 saturated carbocycles. The molecule has 19 heavy (non-hydrogen) atoms.